The van der Waals surface area contributed by atoms with Gasteiger partial charge in [-0.3, -0.25) is 0 Å². The Morgan fingerprint density at radius 3 is 3.23 bits per heavy atom. The quantitative estimate of drug-likeness (QED) is 0.658. The summed E-state index contributed by atoms with van der Waals surface area (Å²) < 4.78 is 10.5. The van der Waals surface area contributed by atoms with Crippen molar-refractivity contribution in [1.82, 2.24) is 0 Å². The smallest absolute Gasteiger partial charge is 0.348 e. The number of rotatable bonds is 1. The molecule has 4 heteroatoms. The van der Waals surface area contributed by atoms with Gasteiger partial charge in [-0.25, -0.2) is 4.79 Å². The molecule has 1 unspecified atom stereocenters. The van der Waals surface area contributed by atoms with Crippen LogP contribution in [0.1, 0.15) is 12.8 Å². The van der Waals surface area contributed by atoms with Crippen LogP contribution in [-0.4, -0.2) is 23.8 Å². The van der Waals surface area contributed by atoms with Gasteiger partial charge in [0.1, 0.15) is 12.4 Å². The second-order valence-corrected chi connectivity index (χ2v) is 2.98. The predicted octanol–water partition coefficient (Wildman–Crippen LogP) is 1.05. The van der Waals surface area contributed by atoms with Crippen molar-refractivity contribution in [3.63, 3.8) is 0 Å². The molecule has 70 valence electrons. The Morgan fingerprint density at radius 2 is 2.46 bits per heavy atom. The lowest BCUT2D eigenvalue weighted by atomic mass is 10.1. The third-order valence-electron chi connectivity index (χ3n) is 2.04. The summed E-state index contributed by atoms with van der Waals surface area (Å²) in [5.74, 6) is 0.371. The molecule has 1 aliphatic carbocycles. The van der Waals surface area contributed by atoms with Crippen molar-refractivity contribution in [1.29, 1.82) is 0 Å². The van der Waals surface area contributed by atoms with Gasteiger partial charge in [0.05, 0.1) is 0 Å². The molecule has 13 heavy (non-hydrogen) atoms. The van der Waals surface area contributed by atoms with E-state index in [0.717, 1.165) is 18.6 Å². The molecule has 1 atom stereocenters. The summed E-state index contributed by atoms with van der Waals surface area (Å²) in [7, 11) is 0. The summed E-state index contributed by atoms with van der Waals surface area (Å²) in [6.45, 7) is 0.113. The minimum Gasteiger partial charge on any atom is -0.490 e. The Labute approximate surface area is 75.5 Å². The normalized spacial score (nSPS) is 26.0. The lowest BCUT2D eigenvalue weighted by molar-refractivity contribution is -0.153. The van der Waals surface area contributed by atoms with E-state index >= 15 is 0 Å². The van der Waals surface area contributed by atoms with Crippen LogP contribution in [0.15, 0.2) is 23.7 Å². The van der Waals surface area contributed by atoms with Crippen molar-refractivity contribution in [3.05, 3.63) is 23.7 Å². The van der Waals surface area contributed by atoms with Crippen LogP contribution in [0.2, 0.25) is 0 Å². The first-order valence-electron chi connectivity index (χ1n) is 4.19. The highest BCUT2D eigenvalue weighted by molar-refractivity contribution is 5.72. The number of hydrogen-bond donors (Lipinski definition) is 1. The summed E-state index contributed by atoms with van der Waals surface area (Å²) >= 11 is 0. The average Bonchev–Trinajstić information content (AvgIpc) is 2.17. The third-order valence-corrected chi connectivity index (χ3v) is 2.04. The molecule has 2 rings (SSSR count). The van der Waals surface area contributed by atoms with Crippen molar-refractivity contribution < 1.29 is 19.4 Å². The van der Waals surface area contributed by atoms with Gasteiger partial charge in [-0.1, -0.05) is 6.08 Å². The molecule has 0 radical (unpaired) electrons. The minimum absolute atomic E-state index is 0.113. The SMILES string of the molecule is O=C(O)C1COC2=C(C=CCC2)O1. The number of ether oxygens (including phenoxy) is 2. The van der Waals surface area contributed by atoms with Gasteiger partial charge in [0.25, 0.3) is 0 Å². The summed E-state index contributed by atoms with van der Waals surface area (Å²) in [5, 5.41) is 8.68. The molecule has 0 saturated heterocycles. The van der Waals surface area contributed by atoms with Crippen LogP contribution < -0.4 is 0 Å². The number of aliphatic carboxylic acids is 1. The average molecular weight is 182 g/mol. The van der Waals surface area contributed by atoms with E-state index < -0.39 is 12.1 Å². The lowest BCUT2D eigenvalue weighted by Gasteiger charge is -2.26. The molecule has 0 spiro atoms. The van der Waals surface area contributed by atoms with Gasteiger partial charge < -0.3 is 14.6 Å². The van der Waals surface area contributed by atoms with E-state index in [4.69, 9.17) is 14.6 Å². The Hall–Kier alpha value is -1.45. The van der Waals surface area contributed by atoms with E-state index in [1.165, 1.54) is 0 Å². The van der Waals surface area contributed by atoms with Gasteiger partial charge >= 0.3 is 5.97 Å². The van der Waals surface area contributed by atoms with Crippen LogP contribution in [0.5, 0.6) is 0 Å². The molecular formula is C9H10O4. The Kier molecular flexibility index (Phi) is 1.96. The van der Waals surface area contributed by atoms with Crippen LogP contribution in [0, 0.1) is 0 Å². The van der Waals surface area contributed by atoms with Gasteiger partial charge in [-0.2, -0.15) is 0 Å². The third kappa shape index (κ3) is 1.52. The molecule has 2 aliphatic rings. The van der Waals surface area contributed by atoms with Gasteiger partial charge in [0.15, 0.2) is 5.76 Å². The van der Waals surface area contributed by atoms with E-state index in [9.17, 15) is 4.79 Å². The summed E-state index contributed by atoms with van der Waals surface area (Å²) in [4.78, 5) is 10.6. The monoisotopic (exact) mass is 182 g/mol. The van der Waals surface area contributed by atoms with E-state index in [0.29, 0.717) is 5.76 Å². The first kappa shape index (κ1) is 8.16. The highest BCUT2D eigenvalue weighted by atomic mass is 16.6. The molecule has 0 saturated carbocycles. The van der Waals surface area contributed by atoms with Gasteiger partial charge in [0, 0.05) is 6.42 Å². The zero-order chi connectivity index (χ0) is 9.26. The van der Waals surface area contributed by atoms with Gasteiger partial charge in [0.2, 0.25) is 6.10 Å². The van der Waals surface area contributed by atoms with Crippen LogP contribution in [0.25, 0.3) is 0 Å². The fourth-order valence-electron chi connectivity index (χ4n) is 1.35. The molecule has 0 aromatic heterocycles. The predicted molar refractivity (Wildman–Crippen MR) is 43.9 cm³/mol. The molecule has 4 nitrogen and oxygen atoms in total. The maximum atomic E-state index is 10.6. The van der Waals surface area contributed by atoms with Crippen molar-refractivity contribution in [2.75, 3.05) is 6.61 Å². The van der Waals surface area contributed by atoms with Crippen molar-refractivity contribution in [2.24, 2.45) is 0 Å². The van der Waals surface area contributed by atoms with Crippen LogP contribution in [0.4, 0.5) is 0 Å². The fraction of sp³-hybridized carbons (Fsp3) is 0.444. The number of carbonyl (C=O) groups is 1. The first-order chi connectivity index (χ1) is 6.27. The zero-order valence-corrected chi connectivity index (χ0v) is 7.03. The maximum Gasteiger partial charge on any atom is 0.348 e. The van der Waals surface area contributed by atoms with Gasteiger partial charge in [-0.05, 0) is 12.5 Å². The van der Waals surface area contributed by atoms with Crippen molar-refractivity contribution >= 4 is 5.97 Å². The van der Waals surface area contributed by atoms with Crippen LogP contribution in [0.3, 0.4) is 0 Å². The summed E-state index contributed by atoms with van der Waals surface area (Å²) in [5.41, 5.74) is 0. The molecule has 0 fully saturated rings. The number of hydrogen-bond acceptors (Lipinski definition) is 3. The second kappa shape index (κ2) is 3.12. The molecular weight excluding hydrogens is 172 g/mol. The van der Waals surface area contributed by atoms with E-state index in [1.807, 2.05) is 6.08 Å². The maximum absolute atomic E-state index is 10.6. The summed E-state index contributed by atoms with van der Waals surface area (Å²) in [6, 6.07) is 0. The highest BCUT2D eigenvalue weighted by Gasteiger charge is 2.28. The molecule has 0 bridgehead atoms. The molecule has 1 heterocycles. The standard InChI is InChI=1S/C9H10O4/c10-9(11)8-5-12-6-3-1-2-4-7(6)13-8/h2,4,8H,1,3,5H2,(H,10,11). The molecule has 1 N–H and O–H groups in total. The Morgan fingerprint density at radius 1 is 1.62 bits per heavy atom. The van der Waals surface area contributed by atoms with Crippen molar-refractivity contribution in [2.45, 2.75) is 18.9 Å². The molecule has 0 amide bonds. The van der Waals surface area contributed by atoms with Gasteiger partial charge in [-0.15, -0.1) is 0 Å². The van der Waals surface area contributed by atoms with Crippen LogP contribution >= 0.6 is 0 Å². The van der Waals surface area contributed by atoms with E-state index in [2.05, 4.69) is 0 Å². The molecule has 0 aromatic rings. The topological polar surface area (TPSA) is 55.8 Å². The Balaban J connectivity index is 2.14. The number of allylic oxidation sites excluding steroid dienone is 3. The van der Waals surface area contributed by atoms with E-state index in [-0.39, 0.29) is 6.61 Å². The van der Waals surface area contributed by atoms with E-state index in [1.54, 1.807) is 6.08 Å². The molecule has 1 aliphatic heterocycles. The number of carboxylic acids is 1. The Bertz CT molecular complexity index is 290. The zero-order valence-electron chi connectivity index (χ0n) is 7.03. The highest BCUT2D eigenvalue weighted by Crippen LogP contribution is 2.26. The van der Waals surface area contributed by atoms with Crippen molar-refractivity contribution in [3.8, 4) is 0 Å². The minimum atomic E-state index is -0.981. The fourth-order valence-corrected chi connectivity index (χ4v) is 1.35. The number of carboxylic acid groups (broad SMARTS) is 1. The first-order valence-corrected chi connectivity index (χ1v) is 4.19. The molecule has 0 aromatic carbocycles. The lowest BCUT2D eigenvalue weighted by Crippen LogP contribution is -2.32. The van der Waals surface area contributed by atoms with Crippen LogP contribution in [-0.2, 0) is 14.3 Å². The largest absolute Gasteiger partial charge is 0.490 e. The summed E-state index contributed by atoms with van der Waals surface area (Å²) in [6.07, 6.45) is 4.60. The second-order valence-electron chi connectivity index (χ2n) is 2.98.